The number of aliphatic hydroxyl groups is 1. The molecule has 0 bridgehead atoms. The van der Waals surface area contributed by atoms with Gasteiger partial charge < -0.3 is 19.8 Å². The van der Waals surface area contributed by atoms with Gasteiger partial charge in [-0.05, 0) is 59.2 Å². The molecule has 3 atom stereocenters. The molecule has 1 aliphatic heterocycles. The minimum Gasteiger partial charge on any atom is -0.508 e. The Morgan fingerprint density at radius 2 is 1.73 bits per heavy atom. The Morgan fingerprint density at radius 1 is 1.03 bits per heavy atom. The second kappa shape index (κ2) is 10.6. The molecule has 0 saturated carbocycles. The highest BCUT2D eigenvalue weighted by atomic mass is 32.2. The third-order valence-corrected chi connectivity index (χ3v) is 7.76. The quantitative estimate of drug-likeness (QED) is 0.300. The number of benzene rings is 3. The normalized spacial score (nSPS) is 17.8. The van der Waals surface area contributed by atoms with Crippen LogP contribution in [0.1, 0.15) is 23.3 Å². The number of amides is 1. The Kier molecular flexibility index (Phi) is 7.12. The van der Waals surface area contributed by atoms with Crippen LogP contribution in [-0.2, 0) is 4.79 Å². The highest BCUT2D eigenvalue weighted by Crippen LogP contribution is 2.46. The molecule has 1 fully saturated rings. The number of aliphatic hydroxyl groups excluding tert-OH is 1. The number of phenols is 1. The molecule has 0 radical (unpaired) electrons. The summed E-state index contributed by atoms with van der Waals surface area (Å²) in [7, 11) is 1.60. The molecule has 3 aromatic carbocycles. The number of ether oxygens (including phenoxy) is 1. The van der Waals surface area contributed by atoms with Gasteiger partial charge in [0.15, 0.2) is 0 Å². The zero-order valence-corrected chi connectivity index (χ0v) is 20.8. The highest BCUT2D eigenvalue weighted by Gasteiger charge is 2.49. The zero-order valence-electron chi connectivity index (χ0n) is 20.0. The van der Waals surface area contributed by atoms with Crippen molar-refractivity contribution in [3.8, 4) is 22.6 Å². The Bertz CT molecular complexity index is 1380. The van der Waals surface area contributed by atoms with Crippen molar-refractivity contribution in [2.75, 3.05) is 17.8 Å². The lowest BCUT2D eigenvalue weighted by Crippen LogP contribution is -2.57. The minimum atomic E-state index is -0.831. The van der Waals surface area contributed by atoms with E-state index in [4.69, 9.17) is 4.74 Å². The van der Waals surface area contributed by atoms with Crippen LogP contribution in [0.4, 0.5) is 10.1 Å². The molecule has 0 spiro atoms. The number of β-lactam (4-membered cyclic amide) rings is 1. The number of thioether (sulfide) groups is 1. The molecule has 0 aliphatic carbocycles. The van der Waals surface area contributed by atoms with Crippen LogP contribution in [-0.4, -0.2) is 39.2 Å². The summed E-state index contributed by atoms with van der Waals surface area (Å²) >= 11 is 1.37. The number of anilines is 1. The van der Waals surface area contributed by atoms with E-state index in [0.29, 0.717) is 11.3 Å². The van der Waals surface area contributed by atoms with Gasteiger partial charge in [0.05, 0.1) is 25.5 Å². The molecule has 8 heteroatoms. The maximum atomic E-state index is 13.4. The average Bonchev–Trinajstić information content (AvgIpc) is 2.93. The first-order valence-corrected chi connectivity index (χ1v) is 12.8. The predicted molar refractivity (Wildman–Crippen MR) is 142 cm³/mol. The number of pyridine rings is 1. The minimum absolute atomic E-state index is 0.0661. The number of aromatic hydroxyl groups is 1. The number of phenolic OH excluding ortho intramolecular Hbond substituents is 1. The monoisotopic (exact) mass is 516 g/mol. The number of halogens is 1. The summed E-state index contributed by atoms with van der Waals surface area (Å²) < 4.78 is 18.7. The standard InChI is InChI=1S/C29H25FN2O4S/c1-36-26-16-31-15-14-24(26)18-4-10-22(11-5-18)32-27(20-6-12-23(33)13-7-20)28(29(32)35)37-17-25(34)19-2-8-21(30)9-3-19/h2-16,25,27-28,33-34H,17H2,1H3/t25-,27+,28+/m0/s1. The van der Waals surface area contributed by atoms with Crippen molar-refractivity contribution in [1.29, 1.82) is 0 Å². The van der Waals surface area contributed by atoms with Crippen LogP contribution in [0.25, 0.3) is 11.1 Å². The van der Waals surface area contributed by atoms with Gasteiger partial charge in [0, 0.05) is 23.2 Å². The van der Waals surface area contributed by atoms with Crippen molar-refractivity contribution in [2.45, 2.75) is 17.4 Å². The third-order valence-electron chi connectivity index (χ3n) is 6.43. The maximum Gasteiger partial charge on any atom is 0.243 e. The summed E-state index contributed by atoms with van der Waals surface area (Å²) in [5, 5.41) is 20.0. The molecule has 1 amide bonds. The van der Waals surface area contributed by atoms with Gasteiger partial charge in [-0.2, -0.15) is 0 Å². The Balaban J connectivity index is 1.38. The fourth-order valence-corrected chi connectivity index (χ4v) is 5.77. The van der Waals surface area contributed by atoms with Gasteiger partial charge in [0.2, 0.25) is 5.91 Å². The second-order valence-corrected chi connectivity index (χ2v) is 9.86. The van der Waals surface area contributed by atoms with Gasteiger partial charge in [-0.3, -0.25) is 9.78 Å². The van der Waals surface area contributed by atoms with E-state index in [1.807, 2.05) is 30.3 Å². The summed E-state index contributed by atoms with van der Waals surface area (Å²) in [6, 6.07) is 21.8. The SMILES string of the molecule is COc1cnccc1-c1ccc(N2C(=O)[C@H](SC[C@H](O)c3ccc(F)cc3)[C@H]2c2ccc(O)cc2)cc1. The van der Waals surface area contributed by atoms with Crippen LogP contribution < -0.4 is 9.64 Å². The van der Waals surface area contributed by atoms with E-state index in [1.54, 1.807) is 60.8 Å². The van der Waals surface area contributed by atoms with E-state index < -0.39 is 11.4 Å². The van der Waals surface area contributed by atoms with Crippen LogP contribution in [0, 0.1) is 5.82 Å². The summed E-state index contributed by atoms with van der Waals surface area (Å²) in [4.78, 5) is 19.2. The van der Waals surface area contributed by atoms with Crippen LogP contribution in [0.2, 0.25) is 0 Å². The first kappa shape index (κ1) is 24.8. The maximum absolute atomic E-state index is 13.4. The van der Waals surface area contributed by atoms with Gasteiger partial charge >= 0.3 is 0 Å². The summed E-state index contributed by atoms with van der Waals surface area (Å²) in [6.45, 7) is 0. The smallest absolute Gasteiger partial charge is 0.243 e. The van der Waals surface area contributed by atoms with Crippen LogP contribution in [0.3, 0.4) is 0 Å². The molecule has 1 aliphatic rings. The van der Waals surface area contributed by atoms with Crippen molar-refractivity contribution in [3.05, 3.63) is 108 Å². The molecule has 6 nitrogen and oxygen atoms in total. The van der Waals surface area contributed by atoms with Crippen molar-refractivity contribution < 1.29 is 24.1 Å². The lowest BCUT2D eigenvalue weighted by atomic mass is 9.92. The zero-order chi connectivity index (χ0) is 25.9. The number of carbonyl (C=O) groups is 1. The van der Waals surface area contributed by atoms with Gasteiger partial charge in [-0.1, -0.05) is 36.4 Å². The average molecular weight is 517 g/mol. The lowest BCUT2D eigenvalue weighted by molar-refractivity contribution is -0.123. The van der Waals surface area contributed by atoms with Crippen LogP contribution in [0.15, 0.2) is 91.3 Å². The number of rotatable bonds is 8. The van der Waals surface area contributed by atoms with Gasteiger partial charge in [0.25, 0.3) is 0 Å². The first-order chi connectivity index (χ1) is 18.0. The second-order valence-electron chi connectivity index (χ2n) is 8.69. The molecule has 0 unspecified atom stereocenters. The molecule has 5 rings (SSSR count). The number of carbonyl (C=O) groups excluding carboxylic acids is 1. The molecular weight excluding hydrogens is 491 g/mol. The van der Waals surface area contributed by atoms with E-state index in [9.17, 15) is 19.4 Å². The highest BCUT2D eigenvalue weighted by molar-refractivity contribution is 8.00. The molecule has 37 heavy (non-hydrogen) atoms. The Hall–Kier alpha value is -3.88. The molecule has 4 aromatic rings. The molecule has 1 saturated heterocycles. The van der Waals surface area contributed by atoms with E-state index in [-0.39, 0.29) is 29.3 Å². The fourth-order valence-electron chi connectivity index (χ4n) is 4.47. The summed E-state index contributed by atoms with van der Waals surface area (Å²) in [6.07, 6.45) is 2.53. The van der Waals surface area contributed by atoms with Crippen LogP contribution >= 0.6 is 11.8 Å². The van der Waals surface area contributed by atoms with Crippen molar-refractivity contribution in [2.24, 2.45) is 0 Å². The number of hydrogen-bond donors (Lipinski definition) is 2. The largest absolute Gasteiger partial charge is 0.508 e. The molecular formula is C29H25FN2O4S. The Morgan fingerprint density at radius 3 is 2.41 bits per heavy atom. The van der Waals surface area contributed by atoms with Crippen molar-refractivity contribution >= 4 is 23.4 Å². The van der Waals surface area contributed by atoms with E-state index in [1.165, 1.54) is 23.9 Å². The first-order valence-electron chi connectivity index (χ1n) is 11.7. The topological polar surface area (TPSA) is 82.9 Å². The number of aromatic nitrogens is 1. The lowest BCUT2D eigenvalue weighted by Gasteiger charge is -2.47. The number of methoxy groups -OCH3 is 1. The molecule has 2 N–H and O–H groups in total. The molecule has 188 valence electrons. The Labute approximate surface area is 218 Å². The third kappa shape index (κ3) is 5.03. The molecule has 1 aromatic heterocycles. The van der Waals surface area contributed by atoms with Crippen molar-refractivity contribution in [1.82, 2.24) is 4.98 Å². The predicted octanol–water partition coefficient (Wildman–Crippen LogP) is 5.53. The van der Waals surface area contributed by atoms with Gasteiger partial charge in [-0.15, -0.1) is 11.8 Å². The number of hydrogen-bond acceptors (Lipinski definition) is 6. The van der Waals surface area contributed by atoms with Crippen molar-refractivity contribution in [3.63, 3.8) is 0 Å². The van der Waals surface area contributed by atoms with E-state index in [0.717, 1.165) is 22.4 Å². The van der Waals surface area contributed by atoms with E-state index in [2.05, 4.69) is 4.98 Å². The summed E-state index contributed by atoms with van der Waals surface area (Å²) in [5.74, 6) is 0.657. The summed E-state index contributed by atoms with van der Waals surface area (Å²) in [5.41, 5.74) is 4.06. The van der Waals surface area contributed by atoms with Gasteiger partial charge in [-0.25, -0.2) is 4.39 Å². The number of nitrogens with zero attached hydrogens (tertiary/aromatic N) is 2. The van der Waals surface area contributed by atoms with Crippen LogP contribution in [0.5, 0.6) is 11.5 Å². The molecule has 2 heterocycles. The van der Waals surface area contributed by atoms with E-state index >= 15 is 0 Å². The fraction of sp³-hybridized carbons (Fsp3) is 0.172. The van der Waals surface area contributed by atoms with Gasteiger partial charge in [0.1, 0.15) is 22.6 Å².